The quantitative estimate of drug-likeness (QED) is 0.472. The molecule has 0 aliphatic rings. The van der Waals surface area contributed by atoms with Crippen molar-refractivity contribution in [2.45, 2.75) is 0 Å². The maximum Gasteiger partial charge on any atom is 0.266 e. The molecule has 2 N–H and O–H groups in total. The van der Waals surface area contributed by atoms with Crippen molar-refractivity contribution in [2.75, 3.05) is 12.4 Å². The molecule has 0 radical (unpaired) electrons. The summed E-state index contributed by atoms with van der Waals surface area (Å²) in [4.78, 5) is 12.4. The molecule has 1 amide bonds. The lowest BCUT2D eigenvalue weighted by atomic mass is 10.1. The highest BCUT2D eigenvalue weighted by Gasteiger charge is 2.11. The zero-order valence-electron chi connectivity index (χ0n) is 15.6. The predicted molar refractivity (Wildman–Crippen MR) is 110 cm³/mol. The number of amides is 1. The topological polar surface area (TPSA) is 91.6 Å². The fraction of sp³-hybridized carbons (Fsp3) is 0.0435. The molecule has 0 aliphatic heterocycles. The minimum absolute atomic E-state index is 0.0228. The van der Waals surface area contributed by atoms with E-state index in [2.05, 4.69) is 5.32 Å². The van der Waals surface area contributed by atoms with Gasteiger partial charge in [0.2, 0.25) is 0 Å². The average molecular weight is 386 g/mol. The Bertz CT molecular complexity index is 1070. The summed E-state index contributed by atoms with van der Waals surface area (Å²) in [6, 6.07) is 22.6. The molecule has 0 fully saturated rings. The van der Waals surface area contributed by atoms with Crippen LogP contribution in [0.25, 0.3) is 6.08 Å². The summed E-state index contributed by atoms with van der Waals surface area (Å²) in [5, 5.41) is 21.7. The lowest BCUT2D eigenvalue weighted by Gasteiger charge is -2.08. The van der Waals surface area contributed by atoms with E-state index in [1.165, 1.54) is 25.3 Å². The second kappa shape index (κ2) is 9.11. The number of aromatic hydroxyl groups is 1. The number of phenolic OH excluding ortho intramolecular Hbond substituents is 1. The molecule has 0 bridgehead atoms. The summed E-state index contributed by atoms with van der Waals surface area (Å²) in [5.41, 5.74) is 1.00. The summed E-state index contributed by atoms with van der Waals surface area (Å²) < 4.78 is 10.7. The highest BCUT2D eigenvalue weighted by molar-refractivity contribution is 6.09. The molecule has 29 heavy (non-hydrogen) atoms. The van der Waals surface area contributed by atoms with Gasteiger partial charge in [0.15, 0.2) is 11.5 Å². The van der Waals surface area contributed by atoms with Gasteiger partial charge in [-0.2, -0.15) is 5.26 Å². The molecule has 0 saturated heterocycles. The fourth-order valence-electron chi connectivity index (χ4n) is 2.53. The zero-order chi connectivity index (χ0) is 20.6. The van der Waals surface area contributed by atoms with E-state index in [4.69, 9.17) is 9.47 Å². The molecule has 0 aromatic heterocycles. The maximum atomic E-state index is 12.4. The number of nitrogens with zero attached hydrogens (tertiary/aromatic N) is 1. The number of hydrogen-bond acceptors (Lipinski definition) is 5. The van der Waals surface area contributed by atoms with Crippen LogP contribution in [0.5, 0.6) is 23.0 Å². The van der Waals surface area contributed by atoms with Crippen molar-refractivity contribution in [2.24, 2.45) is 0 Å². The Morgan fingerprint density at radius 3 is 2.38 bits per heavy atom. The van der Waals surface area contributed by atoms with Crippen LogP contribution in [0.1, 0.15) is 5.56 Å². The third kappa shape index (κ3) is 5.15. The van der Waals surface area contributed by atoms with Gasteiger partial charge in [0.05, 0.1) is 7.11 Å². The van der Waals surface area contributed by atoms with E-state index >= 15 is 0 Å². The summed E-state index contributed by atoms with van der Waals surface area (Å²) in [7, 11) is 1.42. The van der Waals surface area contributed by atoms with Crippen LogP contribution in [0.4, 0.5) is 5.69 Å². The summed E-state index contributed by atoms with van der Waals surface area (Å²) >= 11 is 0. The Balaban J connectivity index is 1.70. The number of benzene rings is 3. The van der Waals surface area contributed by atoms with Crippen molar-refractivity contribution in [3.63, 3.8) is 0 Å². The Kier molecular flexibility index (Phi) is 6.13. The molecule has 0 heterocycles. The van der Waals surface area contributed by atoms with Crippen LogP contribution in [-0.4, -0.2) is 18.1 Å². The van der Waals surface area contributed by atoms with Gasteiger partial charge in [-0.25, -0.2) is 0 Å². The molecule has 3 rings (SSSR count). The molecule has 0 unspecified atom stereocenters. The molecule has 3 aromatic rings. The first kappa shape index (κ1) is 19.5. The van der Waals surface area contributed by atoms with E-state index in [9.17, 15) is 15.2 Å². The van der Waals surface area contributed by atoms with Crippen LogP contribution in [0.2, 0.25) is 0 Å². The Morgan fingerprint density at radius 1 is 1.03 bits per heavy atom. The third-order valence-corrected chi connectivity index (χ3v) is 3.97. The Labute approximate surface area is 168 Å². The zero-order valence-corrected chi connectivity index (χ0v) is 15.6. The smallest absolute Gasteiger partial charge is 0.266 e. The standard InChI is InChI=1S/C23H18N2O4/c1-28-22-14-16(7-12-21(22)26)13-17(15-24)23(27)25-18-8-10-20(11-9-18)29-19-5-3-2-4-6-19/h2-14,26H,1H3,(H,25,27)/b17-13+. The van der Waals surface area contributed by atoms with Gasteiger partial charge in [-0.3, -0.25) is 4.79 Å². The van der Waals surface area contributed by atoms with Crippen LogP contribution in [0, 0.1) is 11.3 Å². The van der Waals surface area contributed by atoms with Crippen LogP contribution >= 0.6 is 0 Å². The Hall–Kier alpha value is -4.24. The number of nitrogens with one attached hydrogen (secondary N) is 1. The molecular formula is C23H18N2O4. The molecule has 3 aromatic carbocycles. The van der Waals surface area contributed by atoms with Gasteiger partial charge < -0.3 is 19.9 Å². The van der Waals surface area contributed by atoms with E-state index in [1.54, 1.807) is 30.3 Å². The number of para-hydroxylation sites is 1. The van der Waals surface area contributed by atoms with E-state index in [-0.39, 0.29) is 17.1 Å². The van der Waals surface area contributed by atoms with Crippen molar-refractivity contribution in [3.8, 4) is 29.1 Å². The van der Waals surface area contributed by atoms with E-state index in [0.29, 0.717) is 22.7 Å². The van der Waals surface area contributed by atoms with Crippen LogP contribution < -0.4 is 14.8 Å². The van der Waals surface area contributed by atoms with Gasteiger partial charge in [0.25, 0.3) is 5.91 Å². The van der Waals surface area contributed by atoms with Crippen molar-refractivity contribution in [1.82, 2.24) is 0 Å². The highest BCUT2D eigenvalue weighted by atomic mass is 16.5. The van der Waals surface area contributed by atoms with Gasteiger partial charge in [-0.15, -0.1) is 0 Å². The lowest BCUT2D eigenvalue weighted by molar-refractivity contribution is -0.112. The largest absolute Gasteiger partial charge is 0.504 e. The van der Waals surface area contributed by atoms with Crippen LogP contribution in [-0.2, 0) is 4.79 Å². The van der Waals surface area contributed by atoms with Gasteiger partial charge in [-0.1, -0.05) is 24.3 Å². The lowest BCUT2D eigenvalue weighted by Crippen LogP contribution is -2.13. The van der Waals surface area contributed by atoms with Gasteiger partial charge in [0.1, 0.15) is 23.1 Å². The molecule has 0 saturated carbocycles. The fourth-order valence-corrected chi connectivity index (χ4v) is 2.53. The van der Waals surface area contributed by atoms with Crippen molar-refractivity contribution in [1.29, 1.82) is 5.26 Å². The summed E-state index contributed by atoms with van der Waals surface area (Å²) in [5.74, 6) is 1.02. The number of hydrogen-bond donors (Lipinski definition) is 2. The number of anilines is 1. The van der Waals surface area contributed by atoms with E-state index in [1.807, 2.05) is 36.4 Å². The first-order valence-corrected chi connectivity index (χ1v) is 8.72. The minimum atomic E-state index is -0.545. The van der Waals surface area contributed by atoms with Gasteiger partial charge >= 0.3 is 0 Å². The molecule has 0 aliphatic carbocycles. The summed E-state index contributed by atoms with van der Waals surface area (Å²) in [6.07, 6.45) is 1.42. The van der Waals surface area contributed by atoms with Crippen molar-refractivity contribution >= 4 is 17.7 Å². The molecule has 0 atom stereocenters. The first-order chi connectivity index (χ1) is 14.1. The third-order valence-electron chi connectivity index (χ3n) is 3.97. The average Bonchev–Trinajstić information content (AvgIpc) is 2.75. The van der Waals surface area contributed by atoms with Gasteiger partial charge in [-0.05, 0) is 60.2 Å². The second-order valence-corrected chi connectivity index (χ2v) is 5.99. The van der Waals surface area contributed by atoms with Crippen molar-refractivity contribution in [3.05, 3.63) is 83.9 Å². The summed E-state index contributed by atoms with van der Waals surface area (Å²) in [6.45, 7) is 0. The van der Waals surface area contributed by atoms with Crippen molar-refractivity contribution < 1.29 is 19.4 Å². The number of carbonyl (C=O) groups is 1. The monoisotopic (exact) mass is 386 g/mol. The van der Waals surface area contributed by atoms with Gasteiger partial charge in [0, 0.05) is 5.69 Å². The molecule has 6 heteroatoms. The first-order valence-electron chi connectivity index (χ1n) is 8.72. The maximum absolute atomic E-state index is 12.4. The second-order valence-electron chi connectivity index (χ2n) is 5.99. The minimum Gasteiger partial charge on any atom is -0.504 e. The predicted octanol–water partition coefficient (Wildman–Crippen LogP) is 4.74. The SMILES string of the molecule is COc1cc(/C=C(\C#N)C(=O)Nc2ccc(Oc3ccccc3)cc2)ccc1O. The molecule has 144 valence electrons. The molecule has 0 spiro atoms. The normalized spacial score (nSPS) is 10.7. The number of phenols is 1. The Morgan fingerprint density at radius 2 is 1.72 bits per heavy atom. The van der Waals surface area contributed by atoms with Crippen LogP contribution in [0.15, 0.2) is 78.4 Å². The highest BCUT2D eigenvalue weighted by Crippen LogP contribution is 2.27. The molecular weight excluding hydrogens is 368 g/mol. The number of methoxy groups -OCH3 is 1. The van der Waals surface area contributed by atoms with E-state index in [0.717, 1.165) is 0 Å². The number of rotatable bonds is 6. The molecule has 6 nitrogen and oxygen atoms in total. The number of carbonyl (C=O) groups excluding carboxylic acids is 1. The number of ether oxygens (including phenoxy) is 2. The van der Waals surface area contributed by atoms with Crippen LogP contribution in [0.3, 0.4) is 0 Å². The number of nitriles is 1. The van der Waals surface area contributed by atoms with E-state index < -0.39 is 5.91 Å².